The average Bonchev–Trinajstić information content (AvgIpc) is 3.17. The van der Waals surface area contributed by atoms with Gasteiger partial charge in [0, 0.05) is 0 Å². The van der Waals surface area contributed by atoms with Gasteiger partial charge in [0.05, 0.1) is 22.7 Å². The third kappa shape index (κ3) is 3.82. The molecule has 9 heteroatoms. The lowest BCUT2D eigenvalue weighted by Crippen LogP contribution is -2.45. The van der Waals surface area contributed by atoms with Gasteiger partial charge in [0.2, 0.25) is 5.91 Å². The van der Waals surface area contributed by atoms with Gasteiger partial charge >= 0.3 is 12.4 Å². The van der Waals surface area contributed by atoms with Gasteiger partial charge in [-0.2, -0.15) is 26.3 Å². The first-order chi connectivity index (χ1) is 11.9. The minimum absolute atomic E-state index is 0.0988. The van der Waals surface area contributed by atoms with Crippen LogP contribution in [-0.2, 0) is 22.7 Å². The van der Waals surface area contributed by atoms with Crippen molar-refractivity contribution in [3.8, 4) is 0 Å². The minimum atomic E-state index is -4.90. The van der Waals surface area contributed by atoms with Gasteiger partial charge in [-0.1, -0.05) is 6.92 Å². The molecule has 2 fully saturated rings. The van der Waals surface area contributed by atoms with Crippen LogP contribution in [0, 0.1) is 5.92 Å². The Balaban J connectivity index is 1.91. The molecular formula is C17H18F6N2O. The summed E-state index contributed by atoms with van der Waals surface area (Å²) in [4.78, 5) is 12.4. The number of hydrogen-bond donors (Lipinski definition) is 2. The minimum Gasteiger partial charge on any atom is -0.345 e. The SMILES string of the molecule is C[C@@H]1CN[C@@H](C(=O)NC2(c3cc(C(F)(F)F)cc(C(F)(F)F)c3)CC2)C1. The van der Waals surface area contributed by atoms with Crippen LogP contribution in [0.2, 0.25) is 0 Å². The number of benzene rings is 1. The van der Waals surface area contributed by atoms with E-state index in [0.29, 0.717) is 37.9 Å². The molecule has 1 saturated carbocycles. The van der Waals surface area contributed by atoms with Gasteiger partial charge in [0.15, 0.2) is 0 Å². The van der Waals surface area contributed by atoms with Crippen molar-refractivity contribution in [2.24, 2.45) is 5.92 Å². The highest BCUT2D eigenvalue weighted by Gasteiger charge is 2.49. The Labute approximate surface area is 146 Å². The molecule has 3 rings (SSSR count). The molecule has 0 bridgehead atoms. The van der Waals surface area contributed by atoms with Crippen molar-refractivity contribution in [1.82, 2.24) is 10.6 Å². The molecule has 1 heterocycles. The van der Waals surface area contributed by atoms with Crippen molar-refractivity contribution < 1.29 is 31.1 Å². The van der Waals surface area contributed by atoms with Crippen LogP contribution in [0.5, 0.6) is 0 Å². The quantitative estimate of drug-likeness (QED) is 0.783. The number of alkyl halides is 6. The molecular weight excluding hydrogens is 362 g/mol. The topological polar surface area (TPSA) is 41.1 Å². The van der Waals surface area contributed by atoms with E-state index in [-0.39, 0.29) is 17.5 Å². The largest absolute Gasteiger partial charge is 0.416 e. The van der Waals surface area contributed by atoms with E-state index >= 15 is 0 Å². The van der Waals surface area contributed by atoms with Crippen LogP contribution in [0.25, 0.3) is 0 Å². The van der Waals surface area contributed by atoms with E-state index in [1.54, 1.807) is 0 Å². The van der Waals surface area contributed by atoms with Crippen molar-refractivity contribution in [2.75, 3.05) is 6.54 Å². The van der Waals surface area contributed by atoms with Gasteiger partial charge in [0.1, 0.15) is 0 Å². The lowest BCUT2D eigenvalue weighted by Gasteiger charge is -2.23. The molecule has 1 aromatic rings. The van der Waals surface area contributed by atoms with Crippen LogP contribution >= 0.6 is 0 Å². The summed E-state index contributed by atoms with van der Waals surface area (Å²) in [5.41, 5.74) is -4.05. The number of amides is 1. The number of carbonyl (C=O) groups excluding carboxylic acids is 1. The summed E-state index contributed by atoms with van der Waals surface area (Å²) in [6.07, 6.45) is -8.62. The highest BCUT2D eigenvalue weighted by molar-refractivity contribution is 5.83. The maximum atomic E-state index is 13.0. The maximum Gasteiger partial charge on any atom is 0.416 e. The van der Waals surface area contributed by atoms with Crippen LogP contribution in [0.3, 0.4) is 0 Å². The molecule has 1 amide bonds. The number of nitrogens with one attached hydrogen (secondary N) is 2. The van der Waals surface area contributed by atoms with Crippen LogP contribution < -0.4 is 10.6 Å². The molecule has 26 heavy (non-hydrogen) atoms. The number of hydrogen-bond acceptors (Lipinski definition) is 2. The zero-order valence-electron chi connectivity index (χ0n) is 13.9. The lowest BCUT2D eigenvalue weighted by molar-refractivity contribution is -0.143. The summed E-state index contributed by atoms with van der Waals surface area (Å²) in [7, 11) is 0. The Morgan fingerprint density at radius 1 is 1.08 bits per heavy atom. The molecule has 1 aliphatic heterocycles. The second kappa shape index (κ2) is 6.14. The first-order valence-corrected chi connectivity index (χ1v) is 8.26. The van der Waals surface area contributed by atoms with E-state index in [1.807, 2.05) is 6.92 Å². The summed E-state index contributed by atoms with van der Waals surface area (Å²) in [5.74, 6) is -0.107. The van der Waals surface area contributed by atoms with E-state index in [4.69, 9.17) is 0 Å². The Morgan fingerprint density at radius 2 is 1.62 bits per heavy atom. The number of carbonyl (C=O) groups is 1. The molecule has 0 spiro atoms. The van der Waals surface area contributed by atoms with Crippen LogP contribution in [-0.4, -0.2) is 18.5 Å². The van der Waals surface area contributed by atoms with Crippen LogP contribution in [0.15, 0.2) is 18.2 Å². The monoisotopic (exact) mass is 380 g/mol. The normalized spacial score (nSPS) is 25.2. The first kappa shape index (κ1) is 19.0. The van der Waals surface area contributed by atoms with E-state index in [2.05, 4.69) is 10.6 Å². The van der Waals surface area contributed by atoms with Crippen molar-refractivity contribution in [3.05, 3.63) is 34.9 Å². The second-order valence-corrected chi connectivity index (χ2v) is 7.17. The molecule has 2 N–H and O–H groups in total. The van der Waals surface area contributed by atoms with E-state index < -0.39 is 41.0 Å². The summed E-state index contributed by atoms with van der Waals surface area (Å²) < 4.78 is 78.2. The molecule has 3 nitrogen and oxygen atoms in total. The zero-order chi connectivity index (χ0) is 19.3. The second-order valence-electron chi connectivity index (χ2n) is 7.17. The van der Waals surface area contributed by atoms with E-state index in [9.17, 15) is 31.1 Å². The van der Waals surface area contributed by atoms with Gasteiger partial charge in [-0.05, 0) is 55.5 Å². The third-order valence-corrected chi connectivity index (χ3v) is 4.92. The van der Waals surface area contributed by atoms with Gasteiger partial charge in [0.25, 0.3) is 0 Å². The molecule has 144 valence electrons. The van der Waals surface area contributed by atoms with E-state index in [1.165, 1.54) is 0 Å². The van der Waals surface area contributed by atoms with Crippen molar-refractivity contribution in [1.29, 1.82) is 0 Å². The molecule has 2 atom stereocenters. The highest BCUT2D eigenvalue weighted by Crippen LogP contribution is 2.48. The highest BCUT2D eigenvalue weighted by atomic mass is 19.4. The Bertz CT molecular complexity index is 676. The van der Waals surface area contributed by atoms with Gasteiger partial charge in [-0.3, -0.25) is 4.79 Å². The predicted octanol–water partition coefficient (Wildman–Crippen LogP) is 3.83. The molecule has 1 aliphatic carbocycles. The van der Waals surface area contributed by atoms with Gasteiger partial charge < -0.3 is 10.6 Å². The summed E-state index contributed by atoms with van der Waals surface area (Å²) in [6.45, 7) is 2.60. The van der Waals surface area contributed by atoms with Crippen molar-refractivity contribution >= 4 is 5.91 Å². The predicted molar refractivity (Wildman–Crippen MR) is 81.1 cm³/mol. The van der Waals surface area contributed by atoms with Crippen molar-refractivity contribution in [3.63, 3.8) is 0 Å². The van der Waals surface area contributed by atoms with Gasteiger partial charge in [-0.15, -0.1) is 0 Å². The maximum absolute atomic E-state index is 13.0. The smallest absolute Gasteiger partial charge is 0.345 e. The van der Waals surface area contributed by atoms with Crippen molar-refractivity contribution in [2.45, 2.75) is 50.1 Å². The first-order valence-electron chi connectivity index (χ1n) is 8.26. The summed E-state index contributed by atoms with van der Waals surface area (Å²) >= 11 is 0. The fourth-order valence-corrected chi connectivity index (χ4v) is 3.28. The number of rotatable bonds is 3. The molecule has 2 aliphatic rings. The Morgan fingerprint density at radius 3 is 2.00 bits per heavy atom. The Hall–Kier alpha value is -1.77. The van der Waals surface area contributed by atoms with E-state index in [0.717, 1.165) is 0 Å². The molecule has 1 saturated heterocycles. The Kier molecular flexibility index (Phi) is 4.49. The number of halogens is 6. The summed E-state index contributed by atoms with van der Waals surface area (Å²) in [5, 5.41) is 5.67. The van der Waals surface area contributed by atoms with Crippen LogP contribution in [0.1, 0.15) is 42.9 Å². The van der Waals surface area contributed by atoms with Crippen LogP contribution in [0.4, 0.5) is 26.3 Å². The zero-order valence-corrected chi connectivity index (χ0v) is 13.9. The summed E-state index contributed by atoms with van der Waals surface area (Å²) in [6, 6.07) is 1.03. The average molecular weight is 380 g/mol. The molecule has 0 unspecified atom stereocenters. The molecule has 0 aromatic heterocycles. The van der Waals surface area contributed by atoms with Gasteiger partial charge in [-0.25, -0.2) is 0 Å². The standard InChI is InChI=1S/C17H18F6N2O/c1-9-4-13(24-8-9)14(26)25-15(2-3-15)10-5-11(16(18,19)20)7-12(6-10)17(21,22)23/h5-7,9,13,24H,2-4,8H2,1H3,(H,25,26)/t9-,13+/m0/s1. The fraction of sp³-hybridized carbons (Fsp3) is 0.588. The fourth-order valence-electron chi connectivity index (χ4n) is 3.28. The molecule has 0 radical (unpaired) electrons. The lowest BCUT2D eigenvalue weighted by atomic mass is 9.97. The molecule has 1 aromatic carbocycles. The third-order valence-electron chi connectivity index (χ3n) is 4.92.